The van der Waals surface area contributed by atoms with Crippen molar-refractivity contribution in [2.24, 2.45) is 5.73 Å². The van der Waals surface area contributed by atoms with Crippen LogP contribution in [-0.4, -0.2) is 25.0 Å². The second-order valence-electron chi connectivity index (χ2n) is 4.88. The van der Waals surface area contributed by atoms with Gasteiger partial charge in [-0.05, 0) is 25.0 Å². The van der Waals surface area contributed by atoms with Crippen LogP contribution in [0.1, 0.15) is 31.2 Å². The van der Waals surface area contributed by atoms with Crippen molar-refractivity contribution in [3.8, 4) is 5.75 Å². The van der Waals surface area contributed by atoms with Gasteiger partial charge in [-0.1, -0.05) is 18.9 Å². The smallest absolute Gasteiger partial charge is 0.319 e. The van der Waals surface area contributed by atoms with Gasteiger partial charge in [0, 0.05) is 11.6 Å². The van der Waals surface area contributed by atoms with Crippen molar-refractivity contribution in [3.05, 3.63) is 23.8 Å². The molecule has 108 valence electrons. The van der Waals surface area contributed by atoms with Crippen LogP contribution in [0, 0.1) is 5.41 Å². The maximum Gasteiger partial charge on any atom is 0.319 e. The number of nitrogen functional groups attached to an aromatic ring is 1. The van der Waals surface area contributed by atoms with Crippen molar-refractivity contribution in [1.29, 1.82) is 5.41 Å². The van der Waals surface area contributed by atoms with E-state index in [0.717, 1.165) is 25.7 Å². The number of methoxy groups -OCH3 is 1. The first-order valence-electron chi connectivity index (χ1n) is 6.70. The van der Waals surface area contributed by atoms with E-state index in [1.54, 1.807) is 18.2 Å². The van der Waals surface area contributed by atoms with Crippen LogP contribution in [0.3, 0.4) is 0 Å². The number of benzene rings is 1. The molecule has 0 aromatic heterocycles. The van der Waals surface area contributed by atoms with E-state index in [1.807, 2.05) is 0 Å². The van der Waals surface area contributed by atoms with Gasteiger partial charge in [-0.15, -0.1) is 0 Å². The fraction of sp³-hybridized carbons (Fsp3) is 0.429. The average molecular weight is 276 g/mol. The summed E-state index contributed by atoms with van der Waals surface area (Å²) in [5.41, 5.74) is 6.41. The van der Waals surface area contributed by atoms with Crippen LogP contribution in [0.5, 0.6) is 5.75 Å². The van der Waals surface area contributed by atoms with E-state index >= 15 is 0 Å². The summed E-state index contributed by atoms with van der Waals surface area (Å²) in [6, 6.07) is 5.07. The fourth-order valence-electron chi connectivity index (χ4n) is 2.46. The van der Waals surface area contributed by atoms with Gasteiger partial charge in [-0.3, -0.25) is 5.41 Å². The maximum absolute atomic E-state index is 12.0. The number of carbonyl (C=O) groups is 1. The molecular weight excluding hydrogens is 256 g/mol. The number of anilines is 1. The zero-order valence-electron chi connectivity index (χ0n) is 11.5. The van der Waals surface area contributed by atoms with Crippen LogP contribution in [0.4, 0.5) is 10.5 Å². The quantitative estimate of drug-likeness (QED) is 0.500. The Hall–Kier alpha value is -2.24. The summed E-state index contributed by atoms with van der Waals surface area (Å²) in [4.78, 5) is 12.0. The minimum absolute atomic E-state index is 0.111. The Kier molecular flexibility index (Phi) is 4.45. The van der Waals surface area contributed by atoms with Gasteiger partial charge in [0.05, 0.1) is 12.8 Å². The zero-order valence-corrected chi connectivity index (χ0v) is 11.5. The molecule has 1 aromatic carbocycles. The monoisotopic (exact) mass is 276 g/mol. The van der Waals surface area contributed by atoms with Gasteiger partial charge in [0.2, 0.25) is 0 Å². The van der Waals surface area contributed by atoms with E-state index in [0.29, 0.717) is 17.0 Å². The number of para-hydroxylation sites is 1. The van der Waals surface area contributed by atoms with Gasteiger partial charge in [0.15, 0.2) is 0 Å². The van der Waals surface area contributed by atoms with E-state index in [4.69, 9.17) is 15.9 Å². The number of amides is 2. The molecule has 0 unspecified atom stereocenters. The number of hydrogen-bond donors (Lipinski definition) is 4. The van der Waals surface area contributed by atoms with Crippen LogP contribution in [0.15, 0.2) is 18.2 Å². The van der Waals surface area contributed by atoms with Crippen molar-refractivity contribution in [1.82, 2.24) is 5.32 Å². The van der Waals surface area contributed by atoms with Crippen LogP contribution in [0.25, 0.3) is 0 Å². The largest absolute Gasteiger partial charge is 0.495 e. The summed E-state index contributed by atoms with van der Waals surface area (Å²) in [5, 5.41) is 13.2. The van der Waals surface area contributed by atoms with E-state index in [1.165, 1.54) is 7.11 Å². The third-order valence-electron chi connectivity index (χ3n) is 3.47. The van der Waals surface area contributed by atoms with Crippen molar-refractivity contribution in [3.63, 3.8) is 0 Å². The lowest BCUT2D eigenvalue weighted by Crippen LogP contribution is -2.36. The topological polar surface area (TPSA) is 100 Å². The predicted molar refractivity (Wildman–Crippen MR) is 78.4 cm³/mol. The summed E-state index contributed by atoms with van der Waals surface area (Å²) < 4.78 is 5.21. The number of ether oxygens (including phenoxy) is 1. The van der Waals surface area contributed by atoms with Gasteiger partial charge in [0.25, 0.3) is 0 Å². The lowest BCUT2D eigenvalue weighted by molar-refractivity contribution is 0.248. The van der Waals surface area contributed by atoms with Gasteiger partial charge >= 0.3 is 6.03 Å². The Morgan fingerprint density at radius 2 is 2.10 bits per heavy atom. The number of nitrogens with two attached hydrogens (primary N) is 1. The van der Waals surface area contributed by atoms with Crippen molar-refractivity contribution < 1.29 is 9.53 Å². The van der Waals surface area contributed by atoms with E-state index in [2.05, 4.69) is 10.6 Å². The molecule has 0 aliphatic heterocycles. The Balaban J connectivity index is 2.14. The van der Waals surface area contributed by atoms with Crippen LogP contribution >= 0.6 is 0 Å². The highest BCUT2D eigenvalue weighted by Gasteiger charge is 2.19. The molecule has 0 heterocycles. The first-order chi connectivity index (χ1) is 9.61. The third-order valence-corrected chi connectivity index (χ3v) is 3.47. The molecule has 2 rings (SSSR count). The summed E-state index contributed by atoms with van der Waals surface area (Å²) in [5.74, 6) is 0.374. The lowest BCUT2D eigenvalue weighted by Gasteiger charge is -2.17. The van der Waals surface area contributed by atoms with Gasteiger partial charge in [-0.2, -0.15) is 0 Å². The Bertz CT molecular complexity index is 510. The highest BCUT2D eigenvalue weighted by atomic mass is 16.5. The average Bonchev–Trinajstić information content (AvgIpc) is 2.91. The van der Waals surface area contributed by atoms with Crippen LogP contribution in [-0.2, 0) is 0 Å². The van der Waals surface area contributed by atoms with Gasteiger partial charge < -0.3 is 21.1 Å². The normalized spacial score (nSPS) is 14.8. The Morgan fingerprint density at radius 3 is 2.70 bits per heavy atom. The molecule has 1 aliphatic carbocycles. The molecule has 1 fully saturated rings. The standard InChI is InChI=1S/C14H20N4O2/c1-20-11-8-4-7-10(13(15)16)12(11)18-14(19)17-9-5-2-3-6-9/h4,7-9H,2-3,5-6H2,1H3,(H3,15,16)(H2,17,18,19). The third kappa shape index (κ3) is 3.20. The van der Waals surface area contributed by atoms with Crippen LogP contribution in [0.2, 0.25) is 0 Å². The van der Waals surface area contributed by atoms with E-state index in [9.17, 15) is 4.79 Å². The molecule has 6 nitrogen and oxygen atoms in total. The molecule has 2 amide bonds. The number of nitrogens with one attached hydrogen (secondary N) is 3. The fourth-order valence-corrected chi connectivity index (χ4v) is 2.46. The predicted octanol–water partition coefficient (Wildman–Crippen LogP) is 2.04. The van der Waals surface area contributed by atoms with E-state index in [-0.39, 0.29) is 17.9 Å². The summed E-state index contributed by atoms with van der Waals surface area (Å²) in [6.45, 7) is 0. The minimum Gasteiger partial charge on any atom is -0.495 e. The molecular formula is C14H20N4O2. The molecule has 5 N–H and O–H groups in total. The van der Waals surface area contributed by atoms with E-state index < -0.39 is 0 Å². The molecule has 0 radical (unpaired) electrons. The number of hydrogen-bond acceptors (Lipinski definition) is 3. The van der Waals surface area contributed by atoms with Crippen molar-refractivity contribution in [2.75, 3.05) is 12.4 Å². The molecule has 0 saturated heterocycles. The van der Waals surface area contributed by atoms with Gasteiger partial charge in [0.1, 0.15) is 11.6 Å². The molecule has 20 heavy (non-hydrogen) atoms. The minimum atomic E-state index is -0.288. The van der Waals surface area contributed by atoms with Crippen molar-refractivity contribution >= 4 is 17.6 Å². The second kappa shape index (κ2) is 6.27. The van der Waals surface area contributed by atoms with Gasteiger partial charge in [-0.25, -0.2) is 4.79 Å². The maximum atomic E-state index is 12.0. The molecule has 6 heteroatoms. The summed E-state index contributed by atoms with van der Waals surface area (Å²) >= 11 is 0. The van der Waals surface area contributed by atoms with Crippen LogP contribution < -0.4 is 21.1 Å². The number of carbonyl (C=O) groups excluding carboxylic acids is 1. The summed E-state index contributed by atoms with van der Waals surface area (Å²) in [7, 11) is 1.51. The highest BCUT2D eigenvalue weighted by Crippen LogP contribution is 2.28. The van der Waals surface area contributed by atoms with Crippen molar-refractivity contribution in [2.45, 2.75) is 31.7 Å². The second-order valence-corrected chi connectivity index (χ2v) is 4.88. The highest BCUT2D eigenvalue weighted by molar-refractivity contribution is 6.05. The Labute approximate surface area is 118 Å². The Morgan fingerprint density at radius 1 is 1.40 bits per heavy atom. The number of urea groups is 1. The number of rotatable bonds is 4. The first-order valence-corrected chi connectivity index (χ1v) is 6.70. The number of amidine groups is 1. The summed E-state index contributed by atoms with van der Waals surface area (Å²) in [6.07, 6.45) is 4.33. The molecule has 1 aromatic rings. The SMILES string of the molecule is COc1cccc(C(=N)N)c1NC(=O)NC1CCCC1. The molecule has 0 atom stereocenters. The lowest BCUT2D eigenvalue weighted by atomic mass is 10.1. The molecule has 0 bridgehead atoms. The first kappa shape index (κ1) is 14.2. The molecule has 1 aliphatic rings. The zero-order chi connectivity index (χ0) is 14.5. The molecule has 0 spiro atoms. The molecule has 1 saturated carbocycles.